The molecule has 0 aliphatic heterocycles. The number of aryl methyl sites for hydroxylation is 1. The van der Waals surface area contributed by atoms with Crippen molar-refractivity contribution in [2.24, 2.45) is 0 Å². The van der Waals surface area contributed by atoms with Gasteiger partial charge in [-0.15, -0.1) is 10.2 Å². The van der Waals surface area contributed by atoms with Gasteiger partial charge in [0.1, 0.15) is 5.82 Å². The van der Waals surface area contributed by atoms with Gasteiger partial charge in [0.15, 0.2) is 8.68 Å². The molecule has 1 atom stereocenters. The van der Waals surface area contributed by atoms with Crippen LogP contribution in [0, 0.1) is 12.7 Å². The fraction of sp³-hybridized carbons (Fsp3) is 0.438. The van der Waals surface area contributed by atoms with Gasteiger partial charge < -0.3 is 5.32 Å². The van der Waals surface area contributed by atoms with Crippen molar-refractivity contribution in [1.29, 1.82) is 0 Å². The van der Waals surface area contributed by atoms with Crippen molar-refractivity contribution in [3.05, 3.63) is 29.6 Å². The maximum atomic E-state index is 13.5. The Bertz CT molecular complexity index is 693. The van der Waals surface area contributed by atoms with Crippen LogP contribution in [0.4, 0.5) is 10.1 Å². The molecule has 0 radical (unpaired) electrons. The van der Waals surface area contributed by atoms with Gasteiger partial charge in [0, 0.05) is 11.4 Å². The lowest BCUT2D eigenvalue weighted by atomic mass is 10.2. The number of hydrogen-bond acceptors (Lipinski definition) is 6. The molecule has 2 aromatic rings. The van der Waals surface area contributed by atoms with Gasteiger partial charge in [0.05, 0.1) is 5.25 Å². The van der Waals surface area contributed by atoms with E-state index in [1.165, 1.54) is 29.2 Å². The van der Waals surface area contributed by atoms with E-state index in [9.17, 15) is 9.18 Å². The number of aromatic nitrogens is 2. The molecule has 1 aromatic heterocycles. The highest BCUT2D eigenvalue weighted by Gasteiger charge is 2.17. The summed E-state index contributed by atoms with van der Waals surface area (Å²) < 4.78 is 15.2. The SMILES string of the molecule is CCCCSc1nnc(S[C@@H](C)C(=O)Nc2ccc(C)c(F)c2)s1. The lowest BCUT2D eigenvalue weighted by Gasteiger charge is -2.10. The fourth-order valence-corrected chi connectivity index (χ4v) is 5.04. The average Bonchev–Trinajstić information content (AvgIpc) is 2.98. The molecule has 4 nitrogen and oxygen atoms in total. The van der Waals surface area contributed by atoms with E-state index in [1.54, 1.807) is 37.7 Å². The van der Waals surface area contributed by atoms with Gasteiger partial charge in [0.2, 0.25) is 5.91 Å². The second-order valence-corrected chi connectivity index (χ2v) is 9.16. The van der Waals surface area contributed by atoms with Crippen LogP contribution in [-0.2, 0) is 4.79 Å². The van der Waals surface area contributed by atoms with Crippen LogP contribution in [-0.4, -0.2) is 27.1 Å². The molecule has 24 heavy (non-hydrogen) atoms. The molecule has 0 saturated carbocycles. The molecule has 1 heterocycles. The fourth-order valence-electron chi connectivity index (χ4n) is 1.73. The second-order valence-electron chi connectivity index (χ2n) is 5.25. The molecule has 1 aromatic carbocycles. The van der Waals surface area contributed by atoms with Gasteiger partial charge in [-0.25, -0.2) is 4.39 Å². The predicted octanol–water partition coefficient (Wildman–Crippen LogP) is 5.00. The van der Waals surface area contributed by atoms with E-state index in [4.69, 9.17) is 0 Å². The quantitative estimate of drug-likeness (QED) is 0.512. The van der Waals surface area contributed by atoms with Gasteiger partial charge >= 0.3 is 0 Å². The minimum atomic E-state index is -0.337. The van der Waals surface area contributed by atoms with E-state index in [0.717, 1.165) is 27.3 Å². The summed E-state index contributed by atoms with van der Waals surface area (Å²) in [5, 5.41) is 10.6. The summed E-state index contributed by atoms with van der Waals surface area (Å²) in [6.45, 7) is 5.64. The molecule has 0 fully saturated rings. The average molecular weight is 386 g/mol. The summed E-state index contributed by atoms with van der Waals surface area (Å²) in [6.07, 6.45) is 2.31. The highest BCUT2D eigenvalue weighted by atomic mass is 32.2. The number of anilines is 1. The van der Waals surface area contributed by atoms with Crippen LogP contribution in [0.5, 0.6) is 0 Å². The Morgan fingerprint density at radius 3 is 2.83 bits per heavy atom. The van der Waals surface area contributed by atoms with Crippen LogP contribution < -0.4 is 5.32 Å². The first-order valence-electron chi connectivity index (χ1n) is 7.69. The first-order valence-corrected chi connectivity index (χ1v) is 10.4. The summed E-state index contributed by atoms with van der Waals surface area (Å²) >= 11 is 4.56. The summed E-state index contributed by atoms with van der Waals surface area (Å²) in [7, 11) is 0. The predicted molar refractivity (Wildman–Crippen MR) is 101 cm³/mol. The number of benzene rings is 1. The lowest BCUT2D eigenvalue weighted by Crippen LogP contribution is -2.22. The number of hydrogen-bond donors (Lipinski definition) is 1. The molecule has 0 saturated heterocycles. The van der Waals surface area contributed by atoms with E-state index in [1.807, 2.05) is 0 Å². The number of halogens is 1. The van der Waals surface area contributed by atoms with E-state index >= 15 is 0 Å². The Hall–Kier alpha value is -1.12. The summed E-state index contributed by atoms with van der Waals surface area (Å²) in [6, 6.07) is 4.67. The van der Waals surface area contributed by atoms with Gasteiger partial charge in [-0.05, 0) is 38.0 Å². The minimum absolute atomic E-state index is 0.182. The first kappa shape index (κ1) is 19.2. The van der Waals surface area contributed by atoms with Crippen molar-refractivity contribution in [3.63, 3.8) is 0 Å². The normalized spacial score (nSPS) is 12.2. The number of unbranched alkanes of at least 4 members (excludes halogenated alkanes) is 1. The summed E-state index contributed by atoms with van der Waals surface area (Å²) in [5.41, 5.74) is 1.01. The van der Waals surface area contributed by atoms with Crippen LogP contribution in [0.15, 0.2) is 26.9 Å². The van der Waals surface area contributed by atoms with Gasteiger partial charge in [-0.1, -0.05) is 54.3 Å². The van der Waals surface area contributed by atoms with Gasteiger partial charge in [0.25, 0.3) is 0 Å². The zero-order chi connectivity index (χ0) is 17.5. The van der Waals surface area contributed by atoms with E-state index < -0.39 is 0 Å². The Balaban J connectivity index is 1.88. The topological polar surface area (TPSA) is 54.9 Å². The molecular weight excluding hydrogens is 365 g/mol. The number of thioether (sulfide) groups is 2. The summed E-state index contributed by atoms with van der Waals surface area (Å²) in [5.74, 6) is 0.523. The zero-order valence-corrected chi connectivity index (χ0v) is 16.3. The van der Waals surface area contributed by atoms with Crippen LogP contribution in [0.25, 0.3) is 0 Å². The molecule has 1 amide bonds. The number of nitrogens with one attached hydrogen (secondary N) is 1. The van der Waals surface area contributed by atoms with Crippen molar-refractivity contribution in [1.82, 2.24) is 10.2 Å². The maximum absolute atomic E-state index is 13.5. The molecule has 0 bridgehead atoms. The van der Waals surface area contributed by atoms with Crippen LogP contribution in [0.2, 0.25) is 0 Å². The molecule has 2 rings (SSSR count). The highest BCUT2D eigenvalue weighted by Crippen LogP contribution is 2.32. The highest BCUT2D eigenvalue weighted by molar-refractivity contribution is 8.03. The second kappa shape index (κ2) is 9.39. The van der Waals surface area contributed by atoms with Gasteiger partial charge in [-0.3, -0.25) is 4.79 Å². The van der Waals surface area contributed by atoms with Crippen molar-refractivity contribution < 1.29 is 9.18 Å². The van der Waals surface area contributed by atoms with E-state index in [-0.39, 0.29) is 17.0 Å². The largest absolute Gasteiger partial charge is 0.325 e. The van der Waals surface area contributed by atoms with Crippen molar-refractivity contribution in [3.8, 4) is 0 Å². The Kier molecular flexibility index (Phi) is 7.51. The monoisotopic (exact) mass is 385 g/mol. The number of nitrogens with zero attached hydrogens (tertiary/aromatic N) is 2. The Morgan fingerprint density at radius 2 is 2.12 bits per heavy atom. The van der Waals surface area contributed by atoms with Crippen LogP contribution in [0.1, 0.15) is 32.3 Å². The number of amides is 1. The van der Waals surface area contributed by atoms with Crippen molar-refractivity contribution in [2.45, 2.75) is 47.5 Å². The number of carbonyl (C=O) groups is 1. The molecule has 0 spiro atoms. The molecule has 8 heteroatoms. The Morgan fingerprint density at radius 1 is 1.38 bits per heavy atom. The van der Waals surface area contributed by atoms with Crippen molar-refractivity contribution in [2.75, 3.05) is 11.1 Å². The molecule has 0 aliphatic carbocycles. The number of carbonyl (C=O) groups excluding carboxylic acids is 1. The third kappa shape index (κ3) is 5.75. The van der Waals surface area contributed by atoms with Crippen LogP contribution >= 0.6 is 34.9 Å². The molecular formula is C16H20FN3OS3. The lowest BCUT2D eigenvalue weighted by molar-refractivity contribution is -0.115. The molecule has 1 N–H and O–H groups in total. The van der Waals surface area contributed by atoms with Crippen molar-refractivity contribution >= 4 is 46.5 Å². The first-order chi connectivity index (χ1) is 11.5. The molecule has 0 unspecified atom stereocenters. The third-order valence-corrected chi connectivity index (χ3v) is 6.52. The standard InChI is InChI=1S/C16H20FN3OS3/c1-4-5-8-22-15-19-20-16(24-15)23-11(3)14(21)18-12-7-6-10(2)13(17)9-12/h6-7,9,11H,4-5,8H2,1-3H3,(H,18,21)/t11-/m0/s1. The minimum Gasteiger partial charge on any atom is -0.325 e. The zero-order valence-electron chi connectivity index (χ0n) is 13.8. The van der Waals surface area contributed by atoms with Gasteiger partial charge in [-0.2, -0.15) is 0 Å². The number of rotatable bonds is 8. The van der Waals surface area contributed by atoms with E-state index in [2.05, 4.69) is 22.4 Å². The smallest absolute Gasteiger partial charge is 0.237 e. The molecule has 130 valence electrons. The third-order valence-electron chi connectivity index (χ3n) is 3.20. The Labute approximate surface area is 154 Å². The molecule has 0 aliphatic rings. The maximum Gasteiger partial charge on any atom is 0.237 e. The summed E-state index contributed by atoms with van der Waals surface area (Å²) in [4.78, 5) is 12.2. The van der Waals surface area contributed by atoms with Crippen LogP contribution in [0.3, 0.4) is 0 Å². The van der Waals surface area contributed by atoms with E-state index in [0.29, 0.717) is 11.3 Å².